The first-order chi connectivity index (χ1) is 13.9. The molecule has 0 radical (unpaired) electrons. The maximum atomic E-state index is 13.3. The van der Waals surface area contributed by atoms with Crippen LogP contribution < -0.4 is 0 Å². The first-order valence-corrected chi connectivity index (χ1v) is 11.0. The molecule has 10 heteroatoms. The molecule has 0 N–H and O–H groups in total. The zero-order valence-electron chi connectivity index (χ0n) is 16.8. The van der Waals surface area contributed by atoms with Crippen molar-refractivity contribution in [2.24, 2.45) is 15.9 Å². The zero-order chi connectivity index (χ0) is 22.1. The van der Waals surface area contributed by atoms with Crippen LogP contribution in [0.1, 0.15) is 37.8 Å². The SMILES string of the molecule is CC(C)CN1CCC(N2CN=C(C(Cl)(Cl)Cl)N=C2c2cccc(C(F)(F)F)c2)CC1. The largest absolute Gasteiger partial charge is 0.416 e. The van der Waals surface area contributed by atoms with Gasteiger partial charge in [0.25, 0.3) is 0 Å². The summed E-state index contributed by atoms with van der Waals surface area (Å²) in [6.07, 6.45) is -2.73. The molecule has 2 aliphatic rings. The van der Waals surface area contributed by atoms with Gasteiger partial charge in [0.1, 0.15) is 12.5 Å². The zero-order valence-corrected chi connectivity index (χ0v) is 19.0. The molecule has 0 saturated carbocycles. The van der Waals surface area contributed by atoms with E-state index >= 15 is 0 Å². The summed E-state index contributed by atoms with van der Waals surface area (Å²) >= 11 is 17.9. The number of piperidine rings is 1. The molecule has 1 aromatic rings. The Kier molecular flexibility index (Phi) is 7.27. The van der Waals surface area contributed by atoms with Gasteiger partial charge in [-0.1, -0.05) is 60.8 Å². The molecule has 3 rings (SSSR count). The Morgan fingerprint density at radius 3 is 2.37 bits per heavy atom. The molecule has 0 atom stereocenters. The highest BCUT2D eigenvalue weighted by Crippen LogP contribution is 2.33. The molecule has 1 saturated heterocycles. The lowest BCUT2D eigenvalue weighted by molar-refractivity contribution is -0.137. The molecule has 2 aliphatic heterocycles. The maximum Gasteiger partial charge on any atom is 0.416 e. The number of alkyl halides is 6. The fourth-order valence-electron chi connectivity index (χ4n) is 3.85. The van der Waals surface area contributed by atoms with Gasteiger partial charge in [-0.3, -0.25) is 0 Å². The Balaban J connectivity index is 1.89. The first kappa shape index (κ1) is 23.6. The van der Waals surface area contributed by atoms with E-state index in [1.165, 1.54) is 6.07 Å². The summed E-state index contributed by atoms with van der Waals surface area (Å²) in [6.45, 7) is 7.40. The van der Waals surface area contributed by atoms with E-state index in [9.17, 15) is 13.2 Å². The van der Waals surface area contributed by atoms with Crippen LogP contribution in [0.15, 0.2) is 34.3 Å². The van der Waals surface area contributed by atoms with Gasteiger partial charge in [0.15, 0.2) is 5.84 Å². The topological polar surface area (TPSA) is 31.2 Å². The average molecular weight is 484 g/mol. The van der Waals surface area contributed by atoms with Gasteiger partial charge in [-0.15, -0.1) is 0 Å². The fourth-order valence-corrected chi connectivity index (χ4v) is 4.15. The van der Waals surface area contributed by atoms with Crippen molar-refractivity contribution in [3.8, 4) is 0 Å². The van der Waals surface area contributed by atoms with Crippen LogP contribution in [0, 0.1) is 5.92 Å². The van der Waals surface area contributed by atoms with Crippen molar-refractivity contribution in [1.82, 2.24) is 9.80 Å². The summed E-state index contributed by atoms with van der Waals surface area (Å²) in [5.41, 5.74) is -0.413. The highest BCUT2D eigenvalue weighted by Gasteiger charge is 2.36. The quantitative estimate of drug-likeness (QED) is 0.521. The monoisotopic (exact) mass is 482 g/mol. The van der Waals surface area contributed by atoms with E-state index in [4.69, 9.17) is 34.8 Å². The van der Waals surface area contributed by atoms with Gasteiger partial charge in [-0.2, -0.15) is 13.2 Å². The Hall–Kier alpha value is -1.02. The third-order valence-corrected chi connectivity index (χ3v) is 5.69. The summed E-state index contributed by atoms with van der Waals surface area (Å²) in [7, 11) is 0. The molecule has 0 aliphatic carbocycles. The summed E-state index contributed by atoms with van der Waals surface area (Å²) in [6, 6.07) is 5.18. The van der Waals surface area contributed by atoms with E-state index in [0.717, 1.165) is 44.6 Å². The number of halogens is 6. The van der Waals surface area contributed by atoms with Gasteiger partial charge in [-0.05, 0) is 30.9 Å². The Bertz CT molecular complexity index is 810. The minimum Gasteiger partial charge on any atom is -0.333 e. The molecule has 0 unspecified atom stereocenters. The molecule has 0 bridgehead atoms. The highest BCUT2D eigenvalue weighted by molar-refractivity contribution is 6.77. The number of nitrogens with zero attached hydrogens (tertiary/aromatic N) is 4. The van der Waals surface area contributed by atoms with E-state index in [1.54, 1.807) is 6.07 Å². The van der Waals surface area contributed by atoms with Crippen LogP contribution in [-0.2, 0) is 6.18 Å². The second-order valence-corrected chi connectivity index (χ2v) is 10.3. The van der Waals surface area contributed by atoms with Gasteiger partial charge >= 0.3 is 6.18 Å². The second kappa shape index (κ2) is 9.23. The van der Waals surface area contributed by atoms with Gasteiger partial charge in [0.05, 0.1) is 5.56 Å². The van der Waals surface area contributed by atoms with Crippen LogP contribution in [-0.4, -0.2) is 57.6 Å². The number of aliphatic imine (C=N–C) groups is 2. The van der Waals surface area contributed by atoms with Crippen molar-refractivity contribution in [2.45, 2.75) is 42.7 Å². The molecule has 0 aromatic heterocycles. The predicted octanol–water partition coefficient (Wildman–Crippen LogP) is 5.61. The van der Waals surface area contributed by atoms with Crippen LogP contribution in [0.25, 0.3) is 0 Å². The molecule has 166 valence electrons. The standard InChI is InChI=1S/C20H24Cl3F3N4/c1-13(2)11-29-8-6-16(7-9-29)30-12-27-18(19(21,22)23)28-17(30)14-4-3-5-15(10-14)20(24,25)26/h3-5,10,13,16H,6-9,11-12H2,1-2H3. The number of benzene rings is 1. The Labute approximate surface area is 189 Å². The molecular formula is C20H24Cl3F3N4. The molecular weight excluding hydrogens is 460 g/mol. The van der Waals surface area contributed by atoms with E-state index < -0.39 is 15.5 Å². The number of likely N-dealkylation sites (tertiary alicyclic amines) is 1. The molecule has 2 heterocycles. The average Bonchev–Trinajstić information content (AvgIpc) is 2.66. The molecule has 1 fully saturated rings. The third-order valence-electron chi connectivity index (χ3n) is 5.18. The Morgan fingerprint density at radius 1 is 1.13 bits per heavy atom. The Morgan fingerprint density at radius 2 is 1.80 bits per heavy atom. The third kappa shape index (κ3) is 5.81. The van der Waals surface area contributed by atoms with Crippen molar-refractivity contribution in [3.63, 3.8) is 0 Å². The molecule has 30 heavy (non-hydrogen) atoms. The van der Waals surface area contributed by atoms with Crippen molar-refractivity contribution < 1.29 is 13.2 Å². The number of hydrogen-bond acceptors (Lipinski definition) is 4. The molecule has 4 nitrogen and oxygen atoms in total. The normalized spacial score (nSPS) is 19.8. The van der Waals surface area contributed by atoms with Crippen LogP contribution >= 0.6 is 34.8 Å². The van der Waals surface area contributed by atoms with Crippen molar-refractivity contribution in [2.75, 3.05) is 26.3 Å². The van der Waals surface area contributed by atoms with Crippen LogP contribution in [0.3, 0.4) is 0 Å². The molecule has 0 amide bonds. The maximum absolute atomic E-state index is 13.3. The van der Waals surface area contributed by atoms with Gasteiger partial charge in [0, 0.05) is 31.2 Å². The summed E-state index contributed by atoms with van der Waals surface area (Å²) < 4.78 is 37.9. The van der Waals surface area contributed by atoms with E-state index in [0.29, 0.717) is 17.3 Å². The van der Waals surface area contributed by atoms with Gasteiger partial charge < -0.3 is 9.80 Å². The van der Waals surface area contributed by atoms with Crippen LogP contribution in [0.2, 0.25) is 0 Å². The van der Waals surface area contributed by atoms with Crippen molar-refractivity contribution in [1.29, 1.82) is 0 Å². The van der Waals surface area contributed by atoms with E-state index in [2.05, 4.69) is 28.7 Å². The highest BCUT2D eigenvalue weighted by atomic mass is 35.6. The number of hydrogen-bond donors (Lipinski definition) is 0. The van der Waals surface area contributed by atoms with E-state index in [1.807, 2.05) is 4.90 Å². The fraction of sp³-hybridized carbons (Fsp3) is 0.600. The molecule has 0 spiro atoms. The van der Waals surface area contributed by atoms with Gasteiger partial charge in [-0.25, -0.2) is 9.98 Å². The lowest BCUT2D eigenvalue weighted by Crippen LogP contribution is -2.50. The summed E-state index contributed by atoms with van der Waals surface area (Å²) in [4.78, 5) is 13.0. The smallest absolute Gasteiger partial charge is 0.333 e. The van der Waals surface area contributed by atoms with E-state index in [-0.39, 0.29) is 18.5 Å². The van der Waals surface area contributed by atoms with Crippen molar-refractivity contribution in [3.05, 3.63) is 35.4 Å². The predicted molar refractivity (Wildman–Crippen MR) is 117 cm³/mol. The summed E-state index contributed by atoms with van der Waals surface area (Å²) in [5.74, 6) is 0.920. The van der Waals surface area contributed by atoms with Crippen molar-refractivity contribution >= 4 is 46.5 Å². The molecule has 1 aromatic carbocycles. The van der Waals surface area contributed by atoms with Crippen LogP contribution in [0.4, 0.5) is 13.2 Å². The first-order valence-electron chi connectivity index (χ1n) is 9.82. The van der Waals surface area contributed by atoms with Crippen LogP contribution in [0.5, 0.6) is 0 Å². The number of amidine groups is 2. The number of rotatable bonds is 4. The summed E-state index contributed by atoms with van der Waals surface area (Å²) in [5, 5.41) is 0. The second-order valence-electron chi connectivity index (χ2n) is 8.03. The van der Waals surface area contributed by atoms with Gasteiger partial charge in [0.2, 0.25) is 3.79 Å². The lowest BCUT2D eigenvalue weighted by Gasteiger charge is -2.41. The minimum atomic E-state index is -4.45. The minimum absolute atomic E-state index is 0.0200. The lowest BCUT2D eigenvalue weighted by atomic mass is 10.00.